The van der Waals surface area contributed by atoms with Crippen LogP contribution in [-0.2, 0) is 5.41 Å². The summed E-state index contributed by atoms with van der Waals surface area (Å²) in [6, 6.07) is 16.5. The molecule has 0 bridgehead atoms. The van der Waals surface area contributed by atoms with E-state index in [9.17, 15) is 0 Å². The molecule has 0 aliphatic rings. The minimum Gasteiger partial charge on any atom is -0.338 e. The lowest BCUT2D eigenvalue weighted by Crippen LogP contribution is -2.10. The van der Waals surface area contributed by atoms with E-state index in [4.69, 9.17) is 5.10 Å². The van der Waals surface area contributed by atoms with Crippen molar-refractivity contribution in [2.75, 3.05) is 0 Å². The van der Waals surface area contributed by atoms with E-state index in [0.29, 0.717) is 11.6 Å². The molecule has 26 heavy (non-hydrogen) atoms. The Kier molecular flexibility index (Phi) is 2.95. The lowest BCUT2D eigenvalue weighted by atomic mass is 9.87. The standard InChI is InChI=1S/C20H18N6/c1-20(2,3)13-10-8-12(9-11-13)18-23-24-19-22-17-16(25-26(18)19)14-6-4-5-7-15(14)21-17/h4-11H,1-3H3,(H,21,22,24). The van der Waals surface area contributed by atoms with E-state index in [1.807, 2.05) is 24.3 Å². The molecule has 0 radical (unpaired) electrons. The van der Waals surface area contributed by atoms with E-state index in [-0.39, 0.29) is 5.41 Å². The highest BCUT2D eigenvalue weighted by Gasteiger charge is 2.17. The second-order valence-corrected chi connectivity index (χ2v) is 7.54. The van der Waals surface area contributed by atoms with Crippen LogP contribution in [0.5, 0.6) is 0 Å². The van der Waals surface area contributed by atoms with Crippen molar-refractivity contribution in [1.82, 2.24) is 29.8 Å². The van der Waals surface area contributed by atoms with Gasteiger partial charge in [0.05, 0.1) is 0 Å². The first-order valence-corrected chi connectivity index (χ1v) is 8.61. The quantitative estimate of drug-likeness (QED) is 0.497. The molecule has 3 heterocycles. The topological polar surface area (TPSA) is 71.8 Å². The summed E-state index contributed by atoms with van der Waals surface area (Å²) in [4.78, 5) is 7.88. The fraction of sp³-hybridized carbons (Fsp3) is 0.200. The molecule has 128 valence electrons. The number of benzene rings is 2. The molecule has 6 heteroatoms. The van der Waals surface area contributed by atoms with Crippen LogP contribution in [0.25, 0.3) is 39.2 Å². The van der Waals surface area contributed by atoms with Crippen molar-refractivity contribution < 1.29 is 0 Å². The lowest BCUT2D eigenvalue weighted by Gasteiger charge is -2.18. The van der Waals surface area contributed by atoms with Gasteiger partial charge in [0.2, 0.25) is 0 Å². The zero-order valence-corrected chi connectivity index (χ0v) is 14.9. The molecule has 0 spiro atoms. The first-order chi connectivity index (χ1) is 12.5. The average molecular weight is 342 g/mol. The zero-order valence-electron chi connectivity index (χ0n) is 14.9. The fourth-order valence-corrected chi connectivity index (χ4v) is 3.23. The van der Waals surface area contributed by atoms with Gasteiger partial charge in [0.1, 0.15) is 5.52 Å². The summed E-state index contributed by atoms with van der Waals surface area (Å²) < 4.78 is 1.72. The number of nitrogens with zero attached hydrogens (tertiary/aromatic N) is 5. The van der Waals surface area contributed by atoms with Crippen LogP contribution in [0.3, 0.4) is 0 Å². The van der Waals surface area contributed by atoms with Crippen molar-refractivity contribution in [3.63, 3.8) is 0 Å². The van der Waals surface area contributed by atoms with Gasteiger partial charge in [0, 0.05) is 16.5 Å². The van der Waals surface area contributed by atoms with Gasteiger partial charge < -0.3 is 4.98 Å². The number of hydrogen-bond acceptors (Lipinski definition) is 4. The van der Waals surface area contributed by atoms with Crippen LogP contribution in [0.4, 0.5) is 0 Å². The number of hydrogen-bond donors (Lipinski definition) is 1. The summed E-state index contributed by atoms with van der Waals surface area (Å²) in [6.07, 6.45) is 0. The monoisotopic (exact) mass is 342 g/mol. The van der Waals surface area contributed by atoms with Gasteiger partial charge in [-0.1, -0.05) is 63.2 Å². The average Bonchev–Trinajstić information content (AvgIpc) is 3.19. The Labute approximate surface area is 149 Å². The first-order valence-electron chi connectivity index (χ1n) is 8.61. The van der Waals surface area contributed by atoms with E-state index in [0.717, 1.165) is 27.6 Å². The van der Waals surface area contributed by atoms with Crippen LogP contribution in [0.15, 0.2) is 48.5 Å². The first kappa shape index (κ1) is 15.0. The van der Waals surface area contributed by atoms with E-state index in [2.05, 4.69) is 65.2 Å². The van der Waals surface area contributed by atoms with E-state index < -0.39 is 0 Å². The maximum atomic E-state index is 4.77. The van der Waals surface area contributed by atoms with Crippen molar-refractivity contribution >= 4 is 27.8 Å². The number of para-hydroxylation sites is 1. The highest BCUT2D eigenvalue weighted by molar-refractivity contribution is 6.03. The van der Waals surface area contributed by atoms with Gasteiger partial charge in [-0.2, -0.15) is 14.6 Å². The van der Waals surface area contributed by atoms with Crippen LogP contribution in [0, 0.1) is 0 Å². The fourth-order valence-electron chi connectivity index (χ4n) is 3.23. The SMILES string of the molecule is CC(C)(C)c1ccc(-c2nnc3nc4[nH]c5ccccc5c4nn23)cc1. The molecule has 5 rings (SSSR count). The molecule has 0 atom stereocenters. The normalized spacial score (nSPS) is 12.4. The molecule has 0 saturated heterocycles. The molecule has 2 aromatic carbocycles. The maximum absolute atomic E-state index is 4.77. The van der Waals surface area contributed by atoms with Gasteiger partial charge in [0.25, 0.3) is 5.78 Å². The van der Waals surface area contributed by atoms with Crippen molar-refractivity contribution in [3.05, 3.63) is 54.1 Å². The van der Waals surface area contributed by atoms with Crippen molar-refractivity contribution in [3.8, 4) is 11.4 Å². The van der Waals surface area contributed by atoms with Crippen LogP contribution in [-0.4, -0.2) is 29.8 Å². The van der Waals surface area contributed by atoms with Crippen LogP contribution in [0.2, 0.25) is 0 Å². The number of aromatic nitrogens is 6. The second-order valence-electron chi connectivity index (χ2n) is 7.54. The third kappa shape index (κ3) is 2.19. The van der Waals surface area contributed by atoms with Gasteiger partial charge in [-0.15, -0.1) is 10.2 Å². The number of aromatic amines is 1. The molecule has 0 saturated carbocycles. The van der Waals surface area contributed by atoms with Crippen LogP contribution >= 0.6 is 0 Å². The van der Waals surface area contributed by atoms with Crippen LogP contribution in [0.1, 0.15) is 26.3 Å². The molecule has 3 aromatic heterocycles. The van der Waals surface area contributed by atoms with Gasteiger partial charge >= 0.3 is 0 Å². The smallest absolute Gasteiger partial charge is 0.274 e. The Morgan fingerprint density at radius 1 is 0.923 bits per heavy atom. The number of rotatable bonds is 1. The van der Waals surface area contributed by atoms with E-state index >= 15 is 0 Å². The minimum atomic E-state index is 0.113. The summed E-state index contributed by atoms with van der Waals surface area (Å²) in [7, 11) is 0. The molecule has 0 aliphatic heterocycles. The predicted molar refractivity (Wildman–Crippen MR) is 102 cm³/mol. The molecular formula is C20H18N6. The van der Waals surface area contributed by atoms with Gasteiger partial charge in [-0.05, 0) is 17.0 Å². The van der Waals surface area contributed by atoms with Gasteiger partial charge in [-0.25, -0.2) is 0 Å². The van der Waals surface area contributed by atoms with Crippen LogP contribution < -0.4 is 0 Å². The summed E-state index contributed by atoms with van der Waals surface area (Å²) in [6.45, 7) is 6.61. The molecular weight excluding hydrogens is 324 g/mol. The Morgan fingerprint density at radius 3 is 2.46 bits per heavy atom. The molecule has 0 aliphatic carbocycles. The summed E-state index contributed by atoms with van der Waals surface area (Å²) in [5.41, 5.74) is 4.92. The number of H-pyrrole nitrogens is 1. The van der Waals surface area contributed by atoms with Gasteiger partial charge in [0.15, 0.2) is 11.5 Å². The highest BCUT2D eigenvalue weighted by Crippen LogP contribution is 2.27. The molecule has 1 N–H and O–H groups in total. The highest BCUT2D eigenvalue weighted by atomic mass is 15.4. The second kappa shape index (κ2) is 5.11. The molecule has 0 fully saturated rings. The van der Waals surface area contributed by atoms with Crippen molar-refractivity contribution in [2.45, 2.75) is 26.2 Å². The molecule has 5 aromatic rings. The third-order valence-electron chi connectivity index (χ3n) is 4.70. The number of fused-ring (bicyclic) bond motifs is 4. The lowest BCUT2D eigenvalue weighted by molar-refractivity contribution is 0.590. The molecule has 0 amide bonds. The molecule has 6 nitrogen and oxygen atoms in total. The van der Waals surface area contributed by atoms with Crippen molar-refractivity contribution in [1.29, 1.82) is 0 Å². The Bertz CT molecular complexity index is 1250. The van der Waals surface area contributed by atoms with E-state index in [1.54, 1.807) is 4.52 Å². The maximum Gasteiger partial charge on any atom is 0.274 e. The zero-order chi connectivity index (χ0) is 17.9. The largest absolute Gasteiger partial charge is 0.338 e. The third-order valence-corrected chi connectivity index (χ3v) is 4.70. The Balaban J connectivity index is 1.72. The summed E-state index contributed by atoms with van der Waals surface area (Å²) in [5, 5.41) is 14.3. The molecule has 0 unspecified atom stereocenters. The summed E-state index contributed by atoms with van der Waals surface area (Å²) in [5.74, 6) is 1.18. The number of nitrogens with one attached hydrogen (secondary N) is 1. The van der Waals surface area contributed by atoms with Gasteiger partial charge in [-0.3, -0.25) is 0 Å². The van der Waals surface area contributed by atoms with E-state index in [1.165, 1.54) is 5.56 Å². The Morgan fingerprint density at radius 2 is 1.69 bits per heavy atom. The minimum absolute atomic E-state index is 0.113. The summed E-state index contributed by atoms with van der Waals surface area (Å²) >= 11 is 0. The predicted octanol–water partition coefficient (Wildman–Crippen LogP) is 4.12. The van der Waals surface area contributed by atoms with Crippen molar-refractivity contribution in [2.24, 2.45) is 0 Å². The Hall–Kier alpha value is -3.28.